The maximum Gasteiger partial charge on any atom is 0.0582 e. The first-order chi connectivity index (χ1) is 9.52. The lowest BCUT2D eigenvalue weighted by Crippen LogP contribution is -2.23. The molecule has 0 saturated carbocycles. The molecule has 0 aliphatic heterocycles. The summed E-state index contributed by atoms with van der Waals surface area (Å²) in [7, 11) is 0. The fraction of sp³-hybridized carbons (Fsp3) is 0.333. The molecule has 0 radical (unpaired) electrons. The lowest BCUT2D eigenvalue weighted by molar-refractivity contribution is 0.624. The van der Waals surface area contributed by atoms with Crippen molar-refractivity contribution in [2.75, 3.05) is 6.54 Å². The van der Waals surface area contributed by atoms with Gasteiger partial charge < -0.3 is 5.32 Å². The second-order valence-electron chi connectivity index (χ2n) is 5.36. The van der Waals surface area contributed by atoms with E-state index in [-0.39, 0.29) is 6.04 Å². The molecule has 0 aromatic heterocycles. The van der Waals surface area contributed by atoms with E-state index >= 15 is 0 Å². The summed E-state index contributed by atoms with van der Waals surface area (Å²) in [6.07, 6.45) is 0. The van der Waals surface area contributed by atoms with Gasteiger partial charge in [-0.3, -0.25) is 0 Å². The number of hydrogen-bond acceptors (Lipinski definition) is 1. The molecule has 1 atom stereocenters. The number of nitrogens with one attached hydrogen (secondary N) is 1. The maximum atomic E-state index is 6.15. The average molecular weight is 288 g/mol. The van der Waals surface area contributed by atoms with Crippen LogP contribution in [0.4, 0.5) is 0 Å². The molecule has 1 unspecified atom stereocenters. The largest absolute Gasteiger partial charge is 0.307 e. The zero-order chi connectivity index (χ0) is 14.7. The van der Waals surface area contributed by atoms with Crippen LogP contribution in [0, 0.1) is 20.8 Å². The van der Waals surface area contributed by atoms with Crippen LogP contribution in [0.15, 0.2) is 36.4 Å². The highest BCUT2D eigenvalue weighted by molar-refractivity contribution is 6.30. The molecule has 0 heterocycles. The molecule has 1 N–H and O–H groups in total. The molecule has 0 bridgehead atoms. The topological polar surface area (TPSA) is 12.0 Å². The first kappa shape index (κ1) is 15.1. The van der Waals surface area contributed by atoms with Gasteiger partial charge in [0.15, 0.2) is 0 Å². The van der Waals surface area contributed by atoms with Crippen LogP contribution in [0.5, 0.6) is 0 Å². The van der Waals surface area contributed by atoms with Gasteiger partial charge in [0.05, 0.1) is 6.04 Å². The van der Waals surface area contributed by atoms with Crippen molar-refractivity contribution >= 4 is 11.6 Å². The monoisotopic (exact) mass is 287 g/mol. The standard InChI is InChI=1S/C18H22ClN/c1-5-20-18(15-7-6-8-16(19)11-15)17-13(3)9-12(2)10-14(17)4/h6-11,18,20H,5H2,1-4H3. The Kier molecular flexibility index (Phi) is 4.85. The zero-order valence-corrected chi connectivity index (χ0v) is 13.4. The molecule has 2 aromatic carbocycles. The van der Waals surface area contributed by atoms with Gasteiger partial charge in [-0.05, 0) is 61.7 Å². The van der Waals surface area contributed by atoms with Crippen LogP contribution in [0.2, 0.25) is 5.02 Å². The molecule has 0 spiro atoms. The Morgan fingerprint density at radius 3 is 2.25 bits per heavy atom. The predicted octanol–water partition coefficient (Wildman–Crippen LogP) is 4.96. The Bertz CT molecular complexity index is 581. The first-order valence-electron chi connectivity index (χ1n) is 7.09. The number of halogens is 1. The smallest absolute Gasteiger partial charge is 0.0582 e. The first-order valence-corrected chi connectivity index (χ1v) is 7.47. The van der Waals surface area contributed by atoms with Crippen LogP contribution in [0.1, 0.15) is 40.8 Å². The van der Waals surface area contributed by atoms with Gasteiger partial charge in [-0.15, -0.1) is 0 Å². The normalized spacial score (nSPS) is 12.4. The van der Waals surface area contributed by atoms with Crippen molar-refractivity contribution in [3.8, 4) is 0 Å². The third-order valence-corrected chi connectivity index (χ3v) is 3.85. The van der Waals surface area contributed by atoms with Gasteiger partial charge in [0.25, 0.3) is 0 Å². The van der Waals surface area contributed by atoms with Gasteiger partial charge in [-0.2, -0.15) is 0 Å². The third-order valence-electron chi connectivity index (χ3n) is 3.62. The van der Waals surface area contributed by atoms with E-state index in [0.717, 1.165) is 11.6 Å². The molecule has 0 amide bonds. The molecule has 0 aliphatic rings. The Labute approximate surface area is 127 Å². The SMILES string of the molecule is CCNC(c1cccc(Cl)c1)c1c(C)cc(C)cc1C. The van der Waals surface area contributed by atoms with Gasteiger partial charge in [0.2, 0.25) is 0 Å². The third kappa shape index (κ3) is 3.23. The molecule has 106 valence electrons. The minimum atomic E-state index is 0.194. The van der Waals surface area contributed by atoms with Crippen molar-refractivity contribution < 1.29 is 0 Å². The van der Waals surface area contributed by atoms with Crippen molar-refractivity contribution in [2.24, 2.45) is 0 Å². The minimum Gasteiger partial charge on any atom is -0.307 e. The van der Waals surface area contributed by atoms with E-state index in [1.54, 1.807) is 0 Å². The van der Waals surface area contributed by atoms with Crippen molar-refractivity contribution in [2.45, 2.75) is 33.7 Å². The van der Waals surface area contributed by atoms with Gasteiger partial charge in [0, 0.05) is 5.02 Å². The van der Waals surface area contributed by atoms with Crippen LogP contribution in [-0.2, 0) is 0 Å². The summed E-state index contributed by atoms with van der Waals surface area (Å²) in [5.74, 6) is 0. The van der Waals surface area contributed by atoms with E-state index in [1.807, 2.05) is 18.2 Å². The van der Waals surface area contributed by atoms with Gasteiger partial charge in [0.1, 0.15) is 0 Å². The highest BCUT2D eigenvalue weighted by Crippen LogP contribution is 2.30. The van der Waals surface area contributed by atoms with Crippen molar-refractivity contribution in [3.63, 3.8) is 0 Å². The number of aryl methyl sites for hydroxylation is 3. The van der Waals surface area contributed by atoms with Crippen LogP contribution >= 0.6 is 11.6 Å². The van der Waals surface area contributed by atoms with Crippen LogP contribution in [0.3, 0.4) is 0 Å². The van der Waals surface area contributed by atoms with E-state index in [2.05, 4.69) is 51.2 Å². The predicted molar refractivity (Wildman–Crippen MR) is 87.6 cm³/mol. The zero-order valence-electron chi connectivity index (χ0n) is 12.6. The van der Waals surface area contributed by atoms with E-state index in [4.69, 9.17) is 11.6 Å². The Morgan fingerprint density at radius 2 is 1.70 bits per heavy atom. The molecule has 2 aromatic rings. The van der Waals surface area contributed by atoms with Crippen molar-refractivity contribution in [1.29, 1.82) is 0 Å². The summed E-state index contributed by atoms with van der Waals surface area (Å²) in [4.78, 5) is 0. The average Bonchev–Trinajstić information content (AvgIpc) is 2.36. The van der Waals surface area contributed by atoms with Gasteiger partial charge in [-0.1, -0.05) is 48.4 Å². The van der Waals surface area contributed by atoms with E-state index in [9.17, 15) is 0 Å². The maximum absolute atomic E-state index is 6.15. The van der Waals surface area contributed by atoms with E-state index in [0.29, 0.717) is 0 Å². The molecule has 2 rings (SSSR count). The molecule has 20 heavy (non-hydrogen) atoms. The summed E-state index contributed by atoms with van der Waals surface area (Å²) in [6.45, 7) is 9.57. The lowest BCUT2D eigenvalue weighted by Gasteiger charge is -2.24. The molecule has 1 nitrogen and oxygen atoms in total. The fourth-order valence-electron chi connectivity index (χ4n) is 2.92. The van der Waals surface area contributed by atoms with E-state index < -0.39 is 0 Å². The van der Waals surface area contributed by atoms with Crippen LogP contribution < -0.4 is 5.32 Å². The summed E-state index contributed by atoms with van der Waals surface area (Å²) < 4.78 is 0. The Hall–Kier alpha value is -1.31. The molecular formula is C18H22ClN. The summed E-state index contributed by atoms with van der Waals surface area (Å²) in [6, 6.07) is 12.8. The highest BCUT2D eigenvalue weighted by Gasteiger charge is 2.17. The Morgan fingerprint density at radius 1 is 1.05 bits per heavy atom. The van der Waals surface area contributed by atoms with Crippen molar-refractivity contribution in [3.05, 3.63) is 69.2 Å². The molecule has 0 saturated heterocycles. The Balaban J connectivity index is 2.54. The summed E-state index contributed by atoms with van der Waals surface area (Å²) in [5, 5.41) is 4.37. The van der Waals surface area contributed by atoms with E-state index in [1.165, 1.54) is 27.8 Å². The lowest BCUT2D eigenvalue weighted by atomic mass is 9.90. The fourth-order valence-corrected chi connectivity index (χ4v) is 3.12. The van der Waals surface area contributed by atoms with Crippen LogP contribution in [0.25, 0.3) is 0 Å². The number of rotatable bonds is 4. The molecule has 2 heteroatoms. The quantitative estimate of drug-likeness (QED) is 0.838. The second kappa shape index (κ2) is 6.43. The summed E-state index contributed by atoms with van der Waals surface area (Å²) >= 11 is 6.15. The molecular weight excluding hydrogens is 266 g/mol. The summed E-state index contributed by atoms with van der Waals surface area (Å²) in [5.41, 5.74) is 6.54. The molecule has 0 fully saturated rings. The van der Waals surface area contributed by atoms with Crippen molar-refractivity contribution in [1.82, 2.24) is 5.32 Å². The highest BCUT2D eigenvalue weighted by atomic mass is 35.5. The number of benzene rings is 2. The van der Waals surface area contributed by atoms with Gasteiger partial charge >= 0.3 is 0 Å². The van der Waals surface area contributed by atoms with Gasteiger partial charge in [-0.25, -0.2) is 0 Å². The number of hydrogen-bond donors (Lipinski definition) is 1. The molecule has 0 aliphatic carbocycles. The second-order valence-corrected chi connectivity index (χ2v) is 5.79. The minimum absolute atomic E-state index is 0.194. The van der Waals surface area contributed by atoms with Crippen LogP contribution in [-0.4, -0.2) is 6.54 Å².